The summed E-state index contributed by atoms with van der Waals surface area (Å²) >= 11 is 1.32. The van der Waals surface area contributed by atoms with Gasteiger partial charge in [0, 0.05) is 18.8 Å². The summed E-state index contributed by atoms with van der Waals surface area (Å²) in [6.07, 6.45) is 3.65. The molecule has 2 heterocycles. The molecule has 29 heavy (non-hydrogen) atoms. The van der Waals surface area contributed by atoms with E-state index in [1.165, 1.54) is 11.3 Å². The second kappa shape index (κ2) is 7.89. The van der Waals surface area contributed by atoms with Gasteiger partial charge in [-0.1, -0.05) is 24.3 Å². The number of carbonyl (C=O) groups excluding carboxylic acids is 1. The number of aromatic nitrogens is 2. The minimum atomic E-state index is -0.280. The molecule has 0 spiro atoms. The van der Waals surface area contributed by atoms with Crippen molar-refractivity contribution in [2.45, 2.75) is 6.92 Å². The number of fused-ring (bicyclic) bond motifs is 1. The highest BCUT2D eigenvalue weighted by atomic mass is 32.1. The van der Waals surface area contributed by atoms with Gasteiger partial charge in [-0.2, -0.15) is 5.10 Å². The lowest BCUT2D eigenvalue weighted by molar-refractivity contribution is 0.0958. The third-order valence-corrected chi connectivity index (χ3v) is 5.82. The maximum absolute atomic E-state index is 12.6. The third-order valence-electron chi connectivity index (χ3n) is 4.63. The van der Waals surface area contributed by atoms with Crippen molar-refractivity contribution in [3.63, 3.8) is 0 Å². The number of methoxy groups -OCH3 is 1. The highest BCUT2D eigenvalue weighted by Gasteiger charge is 2.17. The summed E-state index contributed by atoms with van der Waals surface area (Å²) in [6.45, 7) is 1.82. The molecule has 1 N–H and O–H groups in total. The Morgan fingerprint density at radius 2 is 2.07 bits per heavy atom. The Balaban J connectivity index is 1.51. The first-order valence-corrected chi connectivity index (χ1v) is 9.88. The number of amides is 1. The second-order valence-electron chi connectivity index (χ2n) is 6.58. The van der Waals surface area contributed by atoms with Crippen LogP contribution in [0.3, 0.4) is 0 Å². The Bertz CT molecular complexity index is 1220. The molecule has 0 aliphatic heterocycles. The maximum atomic E-state index is 12.6. The minimum Gasteiger partial charge on any atom is -0.496 e. The average molecular weight is 404 g/mol. The SMILES string of the molecule is COc1ccccc1-c1nc(C)c(C(=O)NN=Cc2ccc3ccn(C)c3c2)s1. The van der Waals surface area contributed by atoms with Crippen molar-refractivity contribution < 1.29 is 9.53 Å². The number of thiazole rings is 1. The van der Waals surface area contributed by atoms with E-state index in [0.29, 0.717) is 10.6 Å². The van der Waals surface area contributed by atoms with E-state index >= 15 is 0 Å². The van der Waals surface area contributed by atoms with Gasteiger partial charge in [-0.05, 0) is 42.1 Å². The summed E-state index contributed by atoms with van der Waals surface area (Å²) in [7, 11) is 3.62. The predicted molar refractivity (Wildman–Crippen MR) is 117 cm³/mol. The number of hydrogen-bond donors (Lipinski definition) is 1. The molecular weight excluding hydrogens is 384 g/mol. The fraction of sp³-hybridized carbons (Fsp3) is 0.136. The lowest BCUT2D eigenvalue weighted by atomic mass is 10.2. The normalized spacial score (nSPS) is 11.3. The molecule has 1 amide bonds. The minimum absolute atomic E-state index is 0.280. The van der Waals surface area contributed by atoms with Crippen LogP contribution in [0.5, 0.6) is 5.75 Å². The van der Waals surface area contributed by atoms with Gasteiger partial charge in [-0.3, -0.25) is 4.79 Å². The predicted octanol–water partition coefficient (Wildman–Crippen LogP) is 4.38. The van der Waals surface area contributed by atoms with Gasteiger partial charge < -0.3 is 9.30 Å². The first-order chi connectivity index (χ1) is 14.1. The molecule has 2 aromatic carbocycles. The summed E-state index contributed by atoms with van der Waals surface area (Å²) in [4.78, 5) is 17.7. The number of carbonyl (C=O) groups is 1. The van der Waals surface area contributed by atoms with Gasteiger partial charge in [0.25, 0.3) is 5.91 Å². The molecule has 0 bridgehead atoms. The Morgan fingerprint density at radius 1 is 1.24 bits per heavy atom. The molecule has 0 radical (unpaired) electrons. The zero-order valence-corrected chi connectivity index (χ0v) is 17.2. The third kappa shape index (κ3) is 3.77. The van der Waals surface area contributed by atoms with Crippen LogP contribution in [0, 0.1) is 6.92 Å². The van der Waals surface area contributed by atoms with Crippen molar-refractivity contribution in [1.82, 2.24) is 15.0 Å². The van der Waals surface area contributed by atoms with Crippen LogP contribution >= 0.6 is 11.3 Å². The summed E-state index contributed by atoms with van der Waals surface area (Å²) in [5, 5.41) is 6.02. The van der Waals surface area contributed by atoms with Crippen molar-refractivity contribution in [2.75, 3.05) is 7.11 Å². The number of ether oxygens (including phenoxy) is 1. The van der Waals surface area contributed by atoms with Crippen LogP contribution in [0.1, 0.15) is 20.9 Å². The van der Waals surface area contributed by atoms with Crippen LogP contribution in [0.25, 0.3) is 21.5 Å². The standard InChI is InChI=1S/C22H20N4O2S/c1-14-20(29-22(24-14)17-6-4-5-7-19(17)28-3)21(27)25-23-13-15-8-9-16-10-11-26(2)18(16)12-15/h4-13H,1-3H3,(H,25,27). The molecule has 0 aliphatic carbocycles. The molecule has 0 saturated carbocycles. The van der Waals surface area contributed by atoms with E-state index in [-0.39, 0.29) is 5.91 Å². The van der Waals surface area contributed by atoms with E-state index in [0.717, 1.165) is 32.8 Å². The number of nitrogens with one attached hydrogen (secondary N) is 1. The first kappa shape index (κ1) is 18.9. The van der Waals surface area contributed by atoms with Crippen LogP contribution in [-0.4, -0.2) is 28.8 Å². The summed E-state index contributed by atoms with van der Waals surface area (Å²) in [5.41, 5.74) is 6.15. The number of aryl methyl sites for hydroxylation is 2. The Hall–Kier alpha value is -3.45. The zero-order chi connectivity index (χ0) is 20.4. The molecule has 0 atom stereocenters. The molecular formula is C22H20N4O2S. The number of hydrogen-bond acceptors (Lipinski definition) is 5. The number of rotatable bonds is 5. The first-order valence-electron chi connectivity index (χ1n) is 9.06. The van der Waals surface area contributed by atoms with Gasteiger partial charge in [0.1, 0.15) is 15.6 Å². The van der Waals surface area contributed by atoms with Crippen molar-refractivity contribution >= 4 is 34.4 Å². The van der Waals surface area contributed by atoms with Crippen molar-refractivity contribution in [3.8, 4) is 16.3 Å². The molecule has 4 aromatic rings. The lowest BCUT2D eigenvalue weighted by Gasteiger charge is -2.04. The smallest absolute Gasteiger partial charge is 0.283 e. The highest BCUT2D eigenvalue weighted by Crippen LogP contribution is 2.34. The summed E-state index contributed by atoms with van der Waals surface area (Å²) < 4.78 is 7.44. The number of benzene rings is 2. The second-order valence-corrected chi connectivity index (χ2v) is 7.58. The van der Waals surface area contributed by atoms with E-state index in [1.54, 1.807) is 13.3 Å². The van der Waals surface area contributed by atoms with Crippen LogP contribution in [-0.2, 0) is 7.05 Å². The molecule has 146 valence electrons. The molecule has 0 fully saturated rings. The van der Waals surface area contributed by atoms with Crippen molar-refractivity contribution in [1.29, 1.82) is 0 Å². The fourth-order valence-corrected chi connectivity index (χ4v) is 4.11. The quantitative estimate of drug-likeness (QED) is 0.396. The van der Waals surface area contributed by atoms with Crippen LogP contribution in [0.4, 0.5) is 0 Å². The molecule has 0 aliphatic rings. The summed E-state index contributed by atoms with van der Waals surface area (Å²) in [5.74, 6) is 0.444. The zero-order valence-electron chi connectivity index (χ0n) is 16.3. The Kier molecular flexibility index (Phi) is 5.14. The van der Waals surface area contributed by atoms with Crippen LogP contribution < -0.4 is 10.2 Å². The van der Waals surface area contributed by atoms with Crippen LogP contribution in [0.2, 0.25) is 0 Å². The fourth-order valence-electron chi connectivity index (χ4n) is 3.12. The van der Waals surface area contributed by atoms with E-state index in [1.807, 2.05) is 67.2 Å². The van der Waals surface area contributed by atoms with Gasteiger partial charge >= 0.3 is 0 Å². The monoisotopic (exact) mass is 404 g/mol. The molecule has 4 rings (SSSR count). The van der Waals surface area contributed by atoms with Crippen molar-refractivity contribution in [3.05, 3.63) is 70.9 Å². The van der Waals surface area contributed by atoms with E-state index in [2.05, 4.69) is 21.6 Å². The molecule has 2 aromatic heterocycles. The maximum Gasteiger partial charge on any atom is 0.283 e. The Labute approximate surface area is 172 Å². The van der Waals surface area contributed by atoms with E-state index in [4.69, 9.17) is 4.74 Å². The number of nitrogens with zero attached hydrogens (tertiary/aromatic N) is 3. The van der Waals surface area contributed by atoms with Gasteiger partial charge in [-0.15, -0.1) is 11.3 Å². The van der Waals surface area contributed by atoms with Gasteiger partial charge in [0.05, 0.1) is 24.6 Å². The lowest BCUT2D eigenvalue weighted by Crippen LogP contribution is -2.17. The molecule has 0 unspecified atom stereocenters. The van der Waals surface area contributed by atoms with Gasteiger partial charge in [0.15, 0.2) is 0 Å². The average Bonchev–Trinajstić information content (AvgIpc) is 3.30. The molecule has 0 saturated heterocycles. The largest absolute Gasteiger partial charge is 0.496 e. The molecule has 7 heteroatoms. The van der Waals surface area contributed by atoms with Crippen molar-refractivity contribution in [2.24, 2.45) is 12.1 Å². The highest BCUT2D eigenvalue weighted by molar-refractivity contribution is 7.17. The van der Waals surface area contributed by atoms with Gasteiger partial charge in [-0.25, -0.2) is 10.4 Å². The number of hydrazone groups is 1. The van der Waals surface area contributed by atoms with E-state index < -0.39 is 0 Å². The summed E-state index contributed by atoms with van der Waals surface area (Å²) in [6, 6.07) is 15.7. The topological polar surface area (TPSA) is 68.5 Å². The van der Waals surface area contributed by atoms with Gasteiger partial charge in [0.2, 0.25) is 0 Å². The Morgan fingerprint density at radius 3 is 2.90 bits per heavy atom. The molecule has 6 nitrogen and oxygen atoms in total. The van der Waals surface area contributed by atoms with Crippen LogP contribution in [0.15, 0.2) is 59.8 Å². The number of para-hydroxylation sites is 1. The van der Waals surface area contributed by atoms with E-state index in [9.17, 15) is 4.79 Å².